The van der Waals surface area contributed by atoms with Gasteiger partial charge in [0.2, 0.25) is 0 Å². The van der Waals surface area contributed by atoms with E-state index in [0.29, 0.717) is 21.3 Å². The number of pyridine rings is 1. The molecule has 4 nitrogen and oxygen atoms in total. The maximum absolute atomic E-state index is 11.8. The van der Waals surface area contributed by atoms with Crippen LogP contribution < -0.4 is 5.32 Å². The molecule has 1 amide bonds. The van der Waals surface area contributed by atoms with Crippen LogP contribution in [0.4, 0.5) is 5.69 Å². The summed E-state index contributed by atoms with van der Waals surface area (Å²) in [6.07, 6.45) is 1.43. The number of hydrogen-bond donors (Lipinski definition) is 1. The Labute approximate surface area is 106 Å². The monoisotopic (exact) mass is 263 g/mol. The Hall–Kier alpha value is -1.90. The molecule has 1 N–H and O–H groups in total. The molecule has 2 aromatic heterocycles. The molecule has 0 bridgehead atoms. The first-order chi connectivity index (χ1) is 8.20. The Morgan fingerprint density at radius 2 is 2.29 bits per heavy atom. The highest BCUT2D eigenvalue weighted by molar-refractivity contribution is 7.12. The molecule has 0 saturated carbocycles. The lowest BCUT2D eigenvalue weighted by atomic mass is 10.3. The van der Waals surface area contributed by atoms with Crippen LogP contribution in [0.3, 0.4) is 0 Å². The van der Waals surface area contributed by atoms with Crippen LogP contribution in [-0.4, -0.2) is 10.9 Å². The molecule has 2 rings (SSSR count). The molecule has 17 heavy (non-hydrogen) atoms. The summed E-state index contributed by atoms with van der Waals surface area (Å²) in [7, 11) is 0. The van der Waals surface area contributed by atoms with Crippen LogP contribution >= 0.6 is 22.9 Å². The molecular weight excluding hydrogens is 258 g/mol. The minimum Gasteiger partial charge on any atom is -0.320 e. The van der Waals surface area contributed by atoms with Gasteiger partial charge in [-0.15, -0.1) is 11.3 Å². The number of hydrogen-bond acceptors (Lipinski definition) is 4. The molecule has 0 unspecified atom stereocenters. The van der Waals surface area contributed by atoms with Crippen LogP contribution in [0, 0.1) is 11.3 Å². The molecule has 84 valence electrons. The lowest BCUT2D eigenvalue weighted by Crippen LogP contribution is -2.10. The summed E-state index contributed by atoms with van der Waals surface area (Å²) in [6.45, 7) is 0. The fourth-order valence-electron chi connectivity index (χ4n) is 1.18. The summed E-state index contributed by atoms with van der Waals surface area (Å²) in [5.41, 5.74) is 0.829. The van der Waals surface area contributed by atoms with Gasteiger partial charge >= 0.3 is 0 Å². The standard InChI is InChI=1S/C11H6ClN3OS/c12-9-3-4-17-10(9)11(16)15-8-2-1-7(5-13)14-6-8/h1-4,6H,(H,15,16). The maximum atomic E-state index is 11.8. The zero-order valence-electron chi connectivity index (χ0n) is 8.48. The van der Waals surface area contributed by atoms with Crippen molar-refractivity contribution in [2.24, 2.45) is 0 Å². The van der Waals surface area contributed by atoms with Gasteiger partial charge in [-0.05, 0) is 23.6 Å². The summed E-state index contributed by atoms with van der Waals surface area (Å²) >= 11 is 7.11. The van der Waals surface area contributed by atoms with Crippen molar-refractivity contribution in [1.29, 1.82) is 5.26 Å². The third-order valence-electron chi connectivity index (χ3n) is 1.96. The van der Waals surface area contributed by atoms with E-state index in [0.717, 1.165) is 0 Å². The predicted molar refractivity (Wildman–Crippen MR) is 66.2 cm³/mol. The smallest absolute Gasteiger partial charge is 0.267 e. The zero-order chi connectivity index (χ0) is 12.3. The summed E-state index contributed by atoms with van der Waals surface area (Å²) in [4.78, 5) is 16.1. The van der Waals surface area contributed by atoms with E-state index in [1.165, 1.54) is 23.6 Å². The van der Waals surface area contributed by atoms with Crippen LogP contribution in [0.5, 0.6) is 0 Å². The molecule has 2 aromatic rings. The van der Waals surface area contributed by atoms with Crippen LogP contribution in [0.15, 0.2) is 29.8 Å². The van der Waals surface area contributed by atoms with E-state index in [9.17, 15) is 4.79 Å². The lowest BCUT2D eigenvalue weighted by molar-refractivity contribution is 0.103. The fourth-order valence-corrected chi connectivity index (χ4v) is 2.21. The number of halogens is 1. The minimum absolute atomic E-state index is 0.281. The number of nitriles is 1. The van der Waals surface area contributed by atoms with Gasteiger partial charge in [-0.2, -0.15) is 5.26 Å². The second-order valence-electron chi connectivity index (χ2n) is 3.10. The van der Waals surface area contributed by atoms with Crippen molar-refractivity contribution in [2.75, 3.05) is 5.32 Å². The number of amides is 1. The van der Waals surface area contributed by atoms with Crippen molar-refractivity contribution in [3.8, 4) is 6.07 Å². The van der Waals surface area contributed by atoms with Gasteiger partial charge in [-0.1, -0.05) is 11.6 Å². The van der Waals surface area contributed by atoms with E-state index in [1.54, 1.807) is 17.5 Å². The van der Waals surface area contributed by atoms with E-state index in [-0.39, 0.29) is 5.91 Å². The summed E-state index contributed by atoms with van der Waals surface area (Å²) in [5.74, 6) is -0.281. The first kappa shape index (κ1) is 11.6. The van der Waals surface area contributed by atoms with Crippen LogP contribution in [-0.2, 0) is 0 Å². The van der Waals surface area contributed by atoms with Crippen molar-refractivity contribution < 1.29 is 4.79 Å². The zero-order valence-corrected chi connectivity index (χ0v) is 10.0. The van der Waals surface area contributed by atoms with Crippen molar-refractivity contribution >= 4 is 34.5 Å². The first-order valence-corrected chi connectivity index (χ1v) is 5.87. The summed E-state index contributed by atoms with van der Waals surface area (Å²) in [6, 6.07) is 6.72. The molecule has 0 radical (unpaired) electrons. The first-order valence-electron chi connectivity index (χ1n) is 4.61. The van der Waals surface area contributed by atoms with Crippen LogP contribution in [0.1, 0.15) is 15.4 Å². The SMILES string of the molecule is N#Cc1ccc(NC(=O)c2sccc2Cl)cn1. The predicted octanol–water partition coefficient (Wildman–Crippen LogP) is 2.92. The molecule has 0 aliphatic carbocycles. The molecule has 0 aromatic carbocycles. The van der Waals surface area contributed by atoms with Crippen molar-refractivity contribution in [3.05, 3.63) is 45.4 Å². The van der Waals surface area contributed by atoms with Crippen molar-refractivity contribution in [2.45, 2.75) is 0 Å². The van der Waals surface area contributed by atoms with Gasteiger partial charge in [0.05, 0.1) is 16.9 Å². The lowest BCUT2D eigenvalue weighted by Gasteiger charge is -2.03. The average Bonchev–Trinajstić information content (AvgIpc) is 2.76. The number of aromatic nitrogens is 1. The van der Waals surface area contributed by atoms with Crippen molar-refractivity contribution in [3.63, 3.8) is 0 Å². The number of rotatable bonds is 2. The summed E-state index contributed by atoms with van der Waals surface area (Å²) in [5, 5.41) is 13.4. The van der Waals surface area contributed by atoms with Gasteiger partial charge in [0.15, 0.2) is 0 Å². The number of nitrogens with one attached hydrogen (secondary N) is 1. The molecule has 0 saturated heterocycles. The maximum Gasteiger partial charge on any atom is 0.267 e. The van der Waals surface area contributed by atoms with Crippen molar-refractivity contribution in [1.82, 2.24) is 4.98 Å². The van der Waals surface area contributed by atoms with Gasteiger partial charge in [0.25, 0.3) is 5.91 Å². The Morgan fingerprint density at radius 1 is 1.47 bits per heavy atom. The molecule has 0 atom stereocenters. The Balaban J connectivity index is 2.14. The molecule has 0 aliphatic heterocycles. The second-order valence-corrected chi connectivity index (χ2v) is 4.42. The van der Waals surface area contributed by atoms with Gasteiger partial charge in [0.1, 0.15) is 16.6 Å². The summed E-state index contributed by atoms with van der Waals surface area (Å²) < 4.78 is 0. The van der Waals surface area contributed by atoms with E-state index >= 15 is 0 Å². The quantitative estimate of drug-likeness (QED) is 0.906. The molecule has 0 aliphatic rings. The van der Waals surface area contributed by atoms with E-state index in [4.69, 9.17) is 16.9 Å². The van der Waals surface area contributed by atoms with Gasteiger partial charge < -0.3 is 5.32 Å². The number of anilines is 1. The highest BCUT2D eigenvalue weighted by Crippen LogP contribution is 2.22. The third kappa shape index (κ3) is 2.61. The van der Waals surface area contributed by atoms with E-state index in [1.807, 2.05) is 6.07 Å². The number of carbonyl (C=O) groups is 1. The van der Waals surface area contributed by atoms with E-state index in [2.05, 4.69) is 10.3 Å². The van der Waals surface area contributed by atoms with Gasteiger partial charge in [-0.3, -0.25) is 4.79 Å². The van der Waals surface area contributed by atoms with Crippen LogP contribution in [0.2, 0.25) is 5.02 Å². The fraction of sp³-hybridized carbons (Fsp3) is 0. The molecule has 0 spiro atoms. The molecular formula is C11H6ClN3OS. The molecule has 0 fully saturated rings. The van der Waals surface area contributed by atoms with E-state index < -0.39 is 0 Å². The highest BCUT2D eigenvalue weighted by atomic mass is 35.5. The molecule has 2 heterocycles. The second kappa shape index (κ2) is 4.95. The topological polar surface area (TPSA) is 65.8 Å². The Bertz CT molecular complexity index is 586. The number of thiophene rings is 1. The molecule has 6 heteroatoms. The Kier molecular flexibility index (Phi) is 3.38. The van der Waals surface area contributed by atoms with Gasteiger partial charge in [0, 0.05) is 0 Å². The third-order valence-corrected chi connectivity index (χ3v) is 3.30. The Morgan fingerprint density at radius 3 is 2.82 bits per heavy atom. The number of carbonyl (C=O) groups excluding carboxylic acids is 1. The number of nitrogens with zero attached hydrogens (tertiary/aromatic N) is 2. The highest BCUT2D eigenvalue weighted by Gasteiger charge is 2.11. The minimum atomic E-state index is -0.281. The normalized spacial score (nSPS) is 9.65. The average molecular weight is 264 g/mol. The van der Waals surface area contributed by atoms with Crippen LogP contribution in [0.25, 0.3) is 0 Å². The van der Waals surface area contributed by atoms with Gasteiger partial charge in [-0.25, -0.2) is 4.98 Å². The largest absolute Gasteiger partial charge is 0.320 e.